The fraction of sp³-hybridized carbons (Fsp3) is 0.600. The molecule has 0 spiro atoms. The van der Waals surface area contributed by atoms with E-state index in [9.17, 15) is 0 Å². The quantitative estimate of drug-likeness (QED) is 0.446. The summed E-state index contributed by atoms with van der Waals surface area (Å²) in [6.07, 6.45) is 19.0. The molecule has 27 heavy (non-hydrogen) atoms. The zero-order valence-corrected chi connectivity index (χ0v) is 17.3. The molecule has 0 amide bonds. The fourth-order valence-corrected chi connectivity index (χ4v) is 4.37. The molecule has 0 aliphatic heterocycles. The maximum atomic E-state index is 4.49. The van der Waals surface area contributed by atoms with E-state index < -0.39 is 0 Å². The molecule has 1 aromatic heterocycles. The zero-order chi connectivity index (χ0) is 18.9. The Hall–Kier alpha value is -1.70. The second kappa shape index (κ2) is 10.6. The lowest BCUT2D eigenvalue weighted by molar-refractivity contribution is 0.249. The van der Waals surface area contributed by atoms with Crippen molar-refractivity contribution in [3.63, 3.8) is 0 Å². The Morgan fingerprint density at radius 3 is 2.00 bits per heavy atom. The molecule has 0 atom stereocenters. The molecule has 0 bridgehead atoms. The van der Waals surface area contributed by atoms with Crippen LogP contribution < -0.4 is 0 Å². The van der Waals surface area contributed by atoms with E-state index in [1.54, 1.807) is 0 Å². The van der Waals surface area contributed by atoms with E-state index in [1.807, 2.05) is 12.4 Å². The van der Waals surface area contributed by atoms with E-state index in [2.05, 4.69) is 48.1 Å². The number of benzene rings is 1. The molecule has 146 valence electrons. The van der Waals surface area contributed by atoms with Gasteiger partial charge >= 0.3 is 0 Å². The second-order valence-corrected chi connectivity index (χ2v) is 8.39. The summed E-state index contributed by atoms with van der Waals surface area (Å²) in [5, 5.41) is 0. The third-order valence-electron chi connectivity index (χ3n) is 6.35. The minimum absolute atomic E-state index is 0.833. The number of aromatic nitrogens is 2. The van der Waals surface area contributed by atoms with Crippen LogP contribution in [0, 0.1) is 11.8 Å². The molecule has 0 unspecified atom stereocenters. The number of hydrogen-bond donors (Lipinski definition) is 0. The van der Waals surface area contributed by atoms with Gasteiger partial charge in [-0.25, -0.2) is 9.97 Å². The van der Waals surface area contributed by atoms with Crippen molar-refractivity contribution in [3.05, 3.63) is 47.8 Å². The first-order chi connectivity index (χ1) is 13.3. The smallest absolute Gasteiger partial charge is 0.159 e. The first-order valence-electron chi connectivity index (χ1n) is 11.2. The van der Waals surface area contributed by atoms with E-state index in [1.165, 1.54) is 75.3 Å². The summed E-state index contributed by atoms with van der Waals surface area (Å²) in [5.74, 6) is 2.79. The van der Waals surface area contributed by atoms with Crippen molar-refractivity contribution < 1.29 is 0 Å². The maximum Gasteiger partial charge on any atom is 0.159 e. The van der Waals surface area contributed by atoms with Crippen LogP contribution in [-0.2, 0) is 12.8 Å². The number of unbranched alkanes of at least 4 members (excludes halogenated alkanes) is 2. The van der Waals surface area contributed by atoms with Gasteiger partial charge in [-0.05, 0) is 42.2 Å². The summed E-state index contributed by atoms with van der Waals surface area (Å²) >= 11 is 0. The third kappa shape index (κ3) is 6.16. The van der Waals surface area contributed by atoms with Crippen LogP contribution in [-0.4, -0.2) is 9.97 Å². The Labute approximate surface area is 165 Å². The molecule has 2 aromatic rings. The van der Waals surface area contributed by atoms with Crippen LogP contribution in [0.15, 0.2) is 36.7 Å². The van der Waals surface area contributed by atoms with Crippen molar-refractivity contribution in [1.29, 1.82) is 0 Å². The number of rotatable bonds is 9. The first kappa shape index (κ1) is 20.0. The van der Waals surface area contributed by atoms with Gasteiger partial charge < -0.3 is 0 Å². The van der Waals surface area contributed by atoms with Crippen LogP contribution in [0.2, 0.25) is 0 Å². The van der Waals surface area contributed by atoms with Crippen molar-refractivity contribution in [3.8, 4) is 11.4 Å². The van der Waals surface area contributed by atoms with Gasteiger partial charge in [0.05, 0.1) is 0 Å². The molecule has 3 rings (SSSR count). The number of aryl methyl sites for hydroxylation is 2. The van der Waals surface area contributed by atoms with Crippen LogP contribution >= 0.6 is 0 Å². The van der Waals surface area contributed by atoms with Gasteiger partial charge in [-0.1, -0.05) is 89.5 Å². The molecular formula is C25H36N2. The average Bonchev–Trinajstić information content (AvgIpc) is 2.74. The lowest BCUT2D eigenvalue weighted by Gasteiger charge is -2.28. The molecule has 0 saturated heterocycles. The standard InChI is InChI=1S/C25H36N2/c1-3-5-6-7-21-8-10-22(11-9-21)12-13-23-14-16-24(17-15-23)25-26-18-20(4-2)19-27-25/h14-19,21-22H,3-13H2,1-2H3/t21-,22-. The van der Waals surface area contributed by atoms with Crippen molar-refractivity contribution >= 4 is 0 Å². The van der Waals surface area contributed by atoms with Crippen LogP contribution in [0.1, 0.15) is 82.8 Å². The SMILES string of the molecule is CCCCC[C@H]1CC[C@H](CCc2ccc(-c3ncc(CC)cn3)cc2)CC1. The molecule has 2 heteroatoms. The third-order valence-corrected chi connectivity index (χ3v) is 6.35. The van der Waals surface area contributed by atoms with Crippen molar-refractivity contribution in [2.75, 3.05) is 0 Å². The summed E-state index contributed by atoms with van der Waals surface area (Å²) in [6, 6.07) is 8.90. The minimum atomic E-state index is 0.833. The minimum Gasteiger partial charge on any atom is -0.236 e. The van der Waals surface area contributed by atoms with Gasteiger partial charge in [0.1, 0.15) is 0 Å². The molecule has 0 N–H and O–H groups in total. The summed E-state index contributed by atoms with van der Waals surface area (Å²) in [5.41, 5.74) is 3.76. The largest absolute Gasteiger partial charge is 0.236 e. The molecule has 1 heterocycles. The monoisotopic (exact) mass is 364 g/mol. The molecule has 2 nitrogen and oxygen atoms in total. The van der Waals surface area contributed by atoms with E-state index >= 15 is 0 Å². The summed E-state index contributed by atoms with van der Waals surface area (Å²) < 4.78 is 0. The van der Waals surface area contributed by atoms with E-state index in [-0.39, 0.29) is 0 Å². The molecule has 1 fully saturated rings. The highest BCUT2D eigenvalue weighted by atomic mass is 14.9. The van der Waals surface area contributed by atoms with Crippen LogP contribution in [0.4, 0.5) is 0 Å². The highest BCUT2D eigenvalue weighted by Crippen LogP contribution is 2.34. The Balaban J connectivity index is 1.42. The Morgan fingerprint density at radius 1 is 0.778 bits per heavy atom. The number of hydrogen-bond acceptors (Lipinski definition) is 2. The summed E-state index contributed by atoms with van der Waals surface area (Å²) in [4.78, 5) is 8.98. The van der Waals surface area contributed by atoms with Crippen LogP contribution in [0.3, 0.4) is 0 Å². The normalized spacial score (nSPS) is 19.9. The van der Waals surface area contributed by atoms with E-state index in [4.69, 9.17) is 0 Å². The van der Waals surface area contributed by atoms with Gasteiger partial charge in [0, 0.05) is 18.0 Å². The average molecular weight is 365 g/mol. The van der Waals surface area contributed by atoms with Crippen LogP contribution in [0.25, 0.3) is 11.4 Å². The first-order valence-corrected chi connectivity index (χ1v) is 11.2. The van der Waals surface area contributed by atoms with Gasteiger partial charge in [-0.3, -0.25) is 0 Å². The van der Waals surface area contributed by atoms with E-state index in [0.717, 1.165) is 29.6 Å². The summed E-state index contributed by atoms with van der Waals surface area (Å²) in [6.45, 7) is 4.44. The van der Waals surface area contributed by atoms with Crippen molar-refractivity contribution in [1.82, 2.24) is 9.97 Å². The van der Waals surface area contributed by atoms with Gasteiger partial charge in [0.2, 0.25) is 0 Å². The Morgan fingerprint density at radius 2 is 1.41 bits per heavy atom. The zero-order valence-electron chi connectivity index (χ0n) is 17.3. The van der Waals surface area contributed by atoms with Crippen molar-refractivity contribution in [2.24, 2.45) is 11.8 Å². The van der Waals surface area contributed by atoms with E-state index in [0.29, 0.717) is 0 Å². The van der Waals surface area contributed by atoms with Gasteiger partial charge in [0.15, 0.2) is 5.82 Å². The maximum absolute atomic E-state index is 4.49. The van der Waals surface area contributed by atoms with Crippen molar-refractivity contribution in [2.45, 2.75) is 84.5 Å². The highest BCUT2D eigenvalue weighted by molar-refractivity contribution is 5.55. The molecular weight excluding hydrogens is 328 g/mol. The fourth-order valence-electron chi connectivity index (χ4n) is 4.37. The van der Waals surface area contributed by atoms with Gasteiger partial charge in [-0.15, -0.1) is 0 Å². The van der Waals surface area contributed by atoms with Crippen LogP contribution in [0.5, 0.6) is 0 Å². The summed E-state index contributed by atoms with van der Waals surface area (Å²) in [7, 11) is 0. The molecule has 1 aromatic carbocycles. The van der Waals surface area contributed by atoms with Gasteiger partial charge in [-0.2, -0.15) is 0 Å². The predicted molar refractivity (Wildman–Crippen MR) is 115 cm³/mol. The Kier molecular flexibility index (Phi) is 7.86. The molecule has 1 saturated carbocycles. The van der Waals surface area contributed by atoms with Gasteiger partial charge in [0.25, 0.3) is 0 Å². The molecule has 1 aliphatic rings. The highest BCUT2D eigenvalue weighted by Gasteiger charge is 2.20. The topological polar surface area (TPSA) is 25.8 Å². The molecule has 0 radical (unpaired) electrons. The Bertz CT molecular complexity index is 652. The molecule has 1 aliphatic carbocycles. The predicted octanol–water partition coefficient (Wildman–Crippen LogP) is 7.03. The number of nitrogens with zero attached hydrogens (tertiary/aromatic N) is 2. The second-order valence-electron chi connectivity index (χ2n) is 8.39. The lowest BCUT2D eigenvalue weighted by Crippen LogP contribution is -2.15. The lowest BCUT2D eigenvalue weighted by atomic mass is 9.78.